The van der Waals surface area contributed by atoms with Crippen molar-refractivity contribution in [1.29, 1.82) is 0 Å². The maximum Gasteiger partial charge on any atom is 0.127 e. The summed E-state index contributed by atoms with van der Waals surface area (Å²) >= 11 is 0. The predicted molar refractivity (Wildman–Crippen MR) is 134 cm³/mol. The number of fused-ring (bicyclic) bond motifs is 1. The van der Waals surface area contributed by atoms with Crippen LogP contribution in [-0.2, 0) is 11.2 Å². The van der Waals surface area contributed by atoms with Gasteiger partial charge in [0.1, 0.15) is 17.1 Å². The maximum absolute atomic E-state index is 10.4. The number of rotatable bonds is 9. The van der Waals surface area contributed by atoms with Crippen LogP contribution in [0.4, 0.5) is 0 Å². The van der Waals surface area contributed by atoms with E-state index >= 15 is 0 Å². The van der Waals surface area contributed by atoms with Crippen LogP contribution in [0.5, 0.6) is 11.5 Å². The van der Waals surface area contributed by atoms with Gasteiger partial charge in [-0.1, -0.05) is 29.4 Å². The van der Waals surface area contributed by atoms with Gasteiger partial charge in [-0.2, -0.15) is 0 Å². The zero-order valence-corrected chi connectivity index (χ0v) is 21.1. The Hall–Kier alpha value is -2.00. The number of ether oxygens (including phenoxy) is 2. The van der Waals surface area contributed by atoms with Gasteiger partial charge in [0.15, 0.2) is 0 Å². The van der Waals surface area contributed by atoms with Crippen molar-refractivity contribution in [3.63, 3.8) is 0 Å². The highest BCUT2D eigenvalue weighted by molar-refractivity contribution is 5.58. The first-order valence-electron chi connectivity index (χ1n) is 12.3. The van der Waals surface area contributed by atoms with Gasteiger partial charge in [-0.15, -0.1) is 0 Å². The van der Waals surface area contributed by atoms with Gasteiger partial charge in [0.2, 0.25) is 0 Å². The molecule has 0 aromatic heterocycles. The molecule has 3 nitrogen and oxygen atoms in total. The second kappa shape index (κ2) is 10.7. The summed E-state index contributed by atoms with van der Waals surface area (Å²) in [6.45, 7) is 14.5. The molecule has 1 unspecified atom stereocenters. The second-order valence-corrected chi connectivity index (χ2v) is 10.2. The van der Waals surface area contributed by atoms with E-state index in [1.54, 1.807) is 0 Å². The molecule has 1 N–H and O–H groups in total. The largest absolute Gasteiger partial charge is 0.507 e. The van der Waals surface area contributed by atoms with Crippen LogP contribution < -0.4 is 4.74 Å². The van der Waals surface area contributed by atoms with E-state index in [2.05, 4.69) is 45.9 Å². The van der Waals surface area contributed by atoms with Crippen LogP contribution in [0.3, 0.4) is 0 Å². The van der Waals surface area contributed by atoms with Crippen molar-refractivity contribution in [3.8, 4) is 11.5 Å². The minimum Gasteiger partial charge on any atom is -0.507 e. The zero-order valence-electron chi connectivity index (χ0n) is 21.1. The number of hydrogen-bond donors (Lipinski definition) is 1. The van der Waals surface area contributed by atoms with Crippen LogP contribution in [0.25, 0.3) is 0 Å². The fourth-order valence-electron chi connectivity index (χ4n) is 4.69. The molecule has 0 saturated carbocycles. The van der Waals surface area contributed by atoms with Crippen LogP contribution >= 0.6 is 0 Å². The fraction of sp³-hybridized carbons (Fsp3) is 0.586. The predicted octanol–water partition coefficient (Wildman–Crippen LogP) is 7.59. The molecule has 1 fully saturated rings. The molecule has 1 aromatic rings. The lowest BCUT2D eigenvalue weighted by Gasteiger charge is -2.38. The summed E-state index contributed by atoms with van der Waals surface area (Å²) in [5, 5.41) is 10.4. The molecule has 2 aliphatic rings. The van der Waals surface area contributed by atoms with Crippen LogP contribution in [0.2, 0.25) is 0 Å². The first-order valence-corrected chi connectivity index (χ1v) is 12.3. The highest BCUT2D eigenvalue weighted by atomic mass is 16.5. The molecule has 1 atom stereocenters. The highest BCUT2D eigenvalue weighted by Crippen LogP contribution is 2.44. The molecular weight excluding hydrogens is 396 g/mol. The lowest BCUT2D eigenvalue weighted by atomic mass is 9.85. The van der Waals surface area contributed by atoms with Gasteiger partial charge in [-0.05, 0) is 115 Å². The molecule has 3 rings (SSSR count). The summed E-state index contributed by atoms with van der Waals surface area (Å²) in [5.74, 6) is 1.44. The number of aromatic hydroxyl groups is 1. The highest BCUT2D eigenvalue weighted by Gasteiger charge is 2.33. The van der Waals surface area contributed by atoms with Crippen molar-refractivity contribution in [2.45, 2.75) is 98.5 Å². The van der Waals surface area contributed by atoms with E-state index < -0.39 is 0 Å². The first kappa shape index (κ1) is 24.6. The van der Waals surface area contributed by atoms with Gasteiger partial charge >= 0.3 is 0 Å². The van der Waals surface area contributed by atoms with Crippen molar-refractivity contribution in [3.05, 3.63) is 57.2 Å². The van der Waals surface area contributed by atoms with Crippen LogP contribution in [0.15, 0.2) is 34.9 Å². The summed E-state index contributed by atoms with van der Waals surface area (Å²) < 4.78 is 11.8. The Balaban J connectivity index is 1.46. The molecule has 2 aliphatic heterocycles. The lowest BCUT2D eigenvalue weighted by molar-refractivity contribution is 0.0558. The third-order valence-corrected chi connectivity index (χ3v) is 7.34. The van der Waals surface area contributed by atoms with Crippen molar-refractivity contribution < 1.29 is 14.6 Å². The maximum atomic E-state index is 10.4. The summed E-state index contributed by atoms with van der Waals surface area (Å²) in [4.78, 5) is 0. The summed E-state index contributed by atoms with van der Waals surface area (Å²) in [5.41, 5.74) is 8.47. The van der Waals surface area contributed by atoms with Gasteiger partial charge in [0.25, 0.3) is 0 Å². The van der Waals surface area contributed by atoms with E-state index in [0.29, 0.717) is 5.75 Å². The van der Waals surface area contributed by atoms with Crippen molar-refractivity contribution >= 4 is 0 Å². The Morgan fingerprint density at radius 2 is 1.59 bits per heavy atom. The van der Waals surface area contributed by atoms with Crippen LogP contribution in [-0.4, -0.2) is 23.9 Å². The molecule has 2 heterocycles. The van der Waals surface area contributed by atoms with E-state index in [9.17, 15) is 5.11 Å². The number of phenols is 1. The minimum atomic E-state index is -0.138. The molecule has 0 aliphatic carbocycles. The average Bonchev–Trinajstić information content (AvgIpc) is 2.72. The number of allylic oxidation sites excluding steroid dienone is 5. The van der Waals surface area contributed by atoms with Crippen molar-refractivity contribution in [1.82, 2.24) is 0 Å². The molecule has 1 saturated heterocycles. The summed E-state index contributed by atoms with van der Waals surface area (Å²) in [6.07, 6.45) is 15.7. The second-order valence-electron chi connectivity index (χ2n) is 10.2. The molecule has 0 radical (unpaired) electrons. The van der Waals surface area contributed by atoms with Gasteiger partial charge in [0.05, 0.1) is 13.2 Å². The SMILES string of the molecule is C/C(=C\CC/C(C)=C/CCC1(C)CCc2c(C)c(O)c(C)c(C)c2O1)CCC=C1COC1. The Morgan fingerprint density at radius 1 is 0.938 bits per heavy atom. The van der Waals surface area contributed by atoms with Gasteiger partial charge < -0.3 is 14.6 Å². The van der Waals surface area contributed by atoms with E-state index in [-0.39, 0.29) is 5.60 Å². The molecule has 3 heteroatoms. The summed E-state index contributed by atoms with van der Waals surface area (Å²) in [7, 11) is 0. The van der Waals surface area contributed by atoms with Crippen molar-refractivity contribution in [2.75, 3.05) is 13.2 Å². The van der Waals surface area contributed by atoms with Crippen molar-refractivity contribution in [2.24, 2.45) is 0 Å². The topological polar surface area (TPSA) is 38.7 Å². The lowest BCUT2D eigenvalue weighted by Crippen LogP contribution is -2.37. The molecule has 1 aromatic carbocycles. The Bertz CT molecular complexity index is 913. The third-order valence-electron chi connectivity index (χ3n) is 7.34. The Labute approximate surface area is 195 Å². The quantitative estimate of drug-likeness (QED) is 0.404. The van der Waals surface area contributed by atoms with E-state index in [1.165, 1.54) is 22.3 Å². The smallest absolute Gasteiger partial charge is 0.127 e. The van der Waals surface area contributed by atoms with Gasteiger partial charge in [-0.25, -0.2) is 0 Å². The van der Waals surface area contributed by atoms with Gasteiger partial charge in [0, 0.05) is 5.56 Å². The number of hydrogen-bond acceptors (Lipinski definition) is 3. The average molecular weight is 439 g/mol. The number of benzene rings is 1. The van der Waals surface area contributed by atoms with Crippen LogP contribution in [0, 0.1) is 20.8 Å². The molecule has 32 heavy (non-hydrogen) atoms. The van der Waals surface area contributed by atoms with Crippen LogP contribution in [0.1, 0.15) is 88.0 Å². The Kier molecular flexibility index (Phi) is 8.27. The molecule has 176 valence electrons. The summed E-state index contributed by atoms with van der Waals surface area (Å²) in [6, 6.07) is 0. The fourth-order valence-corrected chi connectivity index (χ4v) is 4.69. The standard InChI is InChI=1S/C29H42O3/c1-20(12-8-14-25-18-31-19-25)10-7-11-21(2)13-9-16-29(6)17-15-26-24(5)27(30)22(3)23(4)28(26)32-29/h10,13-14,30H,7-9,11-12,15-19H2,1-6H3/b20-10+,21-13+. The first-order chi connectivity index (χ1) is 15.2. The molecule has 0 amide bonds. The number of phenolic OH excluding ortho intramolecular Hbond substituents is 1. The third kappa shape index (κ3) is 6.07. The molecular formula is C29H42O3. The Morgan fingerprint density at radius 3 is 2.25 bits per heavy atom. The van der Waals surface area contributed by atoms with Gasteiger partial charge in [-0.3, -0.25) is 0 Å². The monoisotopic (exact) mass is 438 g/mol. The van der Waals surface area contributed by atoms with E-state index in [1.807, 2.05) is 13.8 Å². The minimum absolute atomic E-state index is 0.138. The normalized spacial score (nSPS) is 21.1. The zero-order chi connectivity index (χ0) is 23.3. The molecule has 0 spiro atoms. The molecule has 0 bridgehead atoms. The van der Waals surface area contributed by atoms with E-state index in [0.717, 1.165) is 87.0 Å². The van der Waals surface area contributed by atoms with E-state index in [4.69, 9.17) is 9.47 Å².